The first kappa shape index (κ1) is 19.6. The quantitative estimate of drug-likeness (QED) is 0.743. The van der Waals surface area contributed by atoms with Gasteiger partial charge < -0.3 is 15.5 Å². The minimum atomic E-state index is -0.180. The summed E-state index contributed by atoms with van der Waals surface area (Å²) in [7, 11) is 0. The van der Waals surface area contributed by atoms with Gasteiger partial charge in [-0.15, -0.1) is 5.10 Å². The summed E-state index contributed by atoms with van der Waals surface area (Å²) < 4.78 is 1.62. The van der Waals surface area contributed by atoms with E-state index in [0.29, 0.717) is 23.5 Å². The van der Waals surface area contributed by atoms with Gasteiger partial charge in [-0.3, -0.25) is 9.59 Å². The SMILES string of the molecule is Cc1c(C(=O)NC2CC2)nnn1-c1ccc(C(=O)NCCN2CCCCC2)cc1. The zero-order valence-electron chi connectivity index (χ0n) is 16.9. The summed E-state index contributed by atoms with van der Waals surface area (Å²) in [5, 5.41) is 14.1. The van der Waals surface area contributed by atoms with Gasteiger partial charge >= 0.3 is 0 Å². The van der Waals surface area contributed by atoms with Crippen molar-refractivity contribution in [2.24, 2.45) is 0 Å². The Hall–Kier alpha value is -2.74. The van der Waals surface area contributed by atoms with Crippen LogP contribution in [0.2, 0.25) is 0 Å². The van der Waals surface area contributed by atoms with Crippen LogP contribution in [0.5, 0.6) is 0 Å². The summed E-state index contributed by atoms with van der Waals surface area (Å²) >= 11 is 0. The summed E-state index contributed by atoms with van der Waals surface area (Å²) in [6, 6.07) is 7.47. The topological polar surface area (TPSA) is 92.1 Å². The average Bonchev–Trinajstić information content (AvgIpc) is 3.47. The van der Waals surface area contributed by atoms with Crippen LogP contribution in [0.3, 0.4) is 0 Å². The molecule has 4 rings (SSSR count). The van der Waals surface area contributed by atoms with E-state index >= 15 is 0 Å². The third-order valence-electron chi connectivity index (χ3n) is 5.56. The number of amides is 2. The molecule has 0 radical (unpaired) electrons. The van der Waals surface area contributed by atoms with E-state index in [0.717, 1.165) is 38.2 Å². The van der Waals surface area contributed by atoms with Crippen molar-refractivity contribution in [2.45, 2.75) is 45.1 Å². The average molecular weight is 396 g/mol. The number of nitrogens with one attached hydrogen (secondary N) is 2. The van der Waals surface area contributed by atoms with Crippen LogP contribution in [0.15, 0.2) is 24.3 Å². The number of nitrogens with zero attached hydrogens (tertiary/aromatic N) is 4. The van der Waals surface area contributed by atoms with Crippen LogP contribution in [0, 0.1) is 6.92 Å². The van der Waals surface area contributed by atoms with Crippen LogP contribution in [-0.4, -0.2) is 63.9 Å². The Balaban J connectivity index is 1.34. The first-order chi connectivity index (χ1) is 14.1. The summed E-state index contributed by atoms with van der Waals surface area (Å²) in [6.07, 6.45) is 5.87. The maximum absolute atomic E-state index is 12.4. The highest BCUT2D eigenvalue weighted by atomic mass is 16.2. The zero-order valence-corrected chi connectivity index (χ0v) is 16.9. The van der Waals surface area contributed by atoms with Crippen molar-refractivity contribution >= 4 is 11.8 Å². The molecule has 154 valence electrons. The second kappa shape index (κ2) is 8.73. The Kier molecular flexibility index (Phi) is 5.89. The Morgan fingerprint density at radius 3 is 2.48 bits per heavy atom. The van der Waals surface area contributed by atoms with Gasteiger partial charge in [-0.1, -0.05) is 11.6 Å². The summed E-state index contributed by atoms with van der Waals surface area (Å²) in [6.45, 7) is 5.63. The number of carbonyl (C=O) groups is 2. The number of carbonyl (C=O) groups excluding carboxylic acids is 2. The fraction of sp³-hybridized carbons (Fsp3) is 0.524. The molecule has 0 bridgehead atoms. The predicted octanol–water partition coefficient (Wildman–Crippen LogP) is 1.68. The van der Waals surface area contributed by atoms with Crippen molar-refractivity contribution in [2.75, 3.05) is 26.2 Å². The minimum absolute atomic E-state index is 0.0756. The van der Waals surface area contributed by atoms with Crippen molar-refractivity contribution in [3.05, 3.63) is 41.2 Å². The minimum Gasteiger partial charge on any atom is -0.351 e. The molecule has 2 heterocycles. The van der Waals surface area contributed by atoms with Gasteiger partial charge in [-0.25, -0.2) is 4.68 Å². The molecule has 1 aliphatic heterocycles. The number of piperidine rings is 1. The molecule has 2 aliphatic rings. The smallest absolute Gasteiger partial charge is 0.273 e. The van der Waals surface area contributed by atoms with Gasteiger partial charge in [0.05, 0.1) is 11.4 Å². The first-order valence-corrected chi connectivity index (χ1v) is 10.5. The zero-order chi connectivity index (χ0) is 20.2. The molecule has 2 fully saturated rings. The first-order valence-electron chi connectivity index (χ1n) is 10.5. The molecule has 0 unspecified atom stereocenters. The van der Waals surface area contributed by atoms with Crippen LogP contribution in [0.4, 0.5) is 0 Å². The number of likely N-dealkylation sites (tertiary alicyclic amines) is 1. The standard InChI is InChI=1S/C21H28N6O2/c1-15-19(21(29)23-17-7-8-17)24-25-27(15)18-9-5-16(6-10-18)20(28)22-11-14-26-12-3-2-4-13-26/h5-6,9-10,17H,2-4,7-8,11-14H2,1H3,(H,22,28)(H,23,29). The lowest BCUT2D eigenvalue weighted by Crippen LogP contribution is -2.37. The molecule has 2 amide bonds. The highest BCUT2D eigenvalue weighted by Gasteiger charge is 2.26. The molecular formula is C21H28N6O2. The highest BCUT2D eigenvalue weighted by Crippen LogP contribution is 2.20. The predicted molar refractivity (Wildman–Crippen MR) is 109 cm³/mol. The van der Waals surface area contributed by atoms with Gasteiger partial charge in [0, 0.05) is 24.7 Å². The number of benzene rings is 1. The highest BCUT2D eigenvalue weighted by molar-refractivity contribution is 5.94. The fourth-order valence-corrected chi connectivity index (χ4v) is 3.63. The van der Waals surface area contributed by atoms with Gasteiger partial charge in [0.15, 0.2) is 5.69 Å². The van der Waals surface area contributed by atoms with Crippen LogP contribution < -0.4 is 10.6 Å². The van der Waals surface area contributed by atoms with Gasteiger partial charge in [-0.05, 0) is 70.0 Å². The van der Waals surface area contributed by atoms with Crippen molar-refractivity contribution in [3.8, 4) is 5.69 Å². The molecule has 1 aromatic heterocycles. The Labute approximate surface area is 170 Å². The second-order valence-electron chi connectivity index (χ2n) is 7.89. The van der Waals surface area contributed by atoms with Crippen molar-refractivity contribution < 1.29 is 9.59 Å². The van der Waals surface area contributed by atoms with E-state index < -0.39 is 0 Å². The molecule has 0 spiro atoms. The van der Waals surface area contributed by atoms with Gasteiger partial charge in [0.1, 0.15) is 0 Å². The number of aromatic nitrogens is 3. The lowest BCUT2D eigenvalue weighted by Gasteiger charge is -2.26. The molecule has 1 aliphatic carbocycles. The second-order valence-corrected chi connectivity index (χ2v) is 7.89. The molecule has 2 aromatic rings. The molecule has 8 nitrogen and oxygen atoms in total. The van der Waals surface area contributed by atoms with Crippen LogP contribution in [-0.2, 0) is 0 Å². The van der Waals surface area contributed by atoms with E-state index in [9.17, 15) is 9.59 Å². The third-order valence-corrected chi connectivity index (χ3v) is 5.56. The Morgan fingerprint density at radius 2 is 1.79 bits per heavy atom. The van der Waals surface area contributed by atoms with Crippen molar-refractivity contribution in [1.29, 1.82) is 0 Å². The lowest BCUT2D eigenvalue weighted by atomic mass is 10.1. The maximum Gasteiger partial charge on any atom is 0.273 e. The van der Waals surface area contributed by atoms with E-state index in [2.05, 4.69) is 25.8 Å². The van der Waals surface area contributed by atoms with Gasteiger partial charge in [-0.2, -0.15) is 0 Å². The number of rotatable bonds is 7. The molecule has 1 saturated carbocycles. The molecule has 0 atom stereocenters. The van der Waals surface area contributed by atoms with Crippen LogP contribution in [0.25, 0.3) is 5.69 Å². The Morgan fingerprint density at radius 1 is 1.07 bits per heavy atom. The van der Waals surface area contributed by atoms with E-state index in [4.69, 9.17) is 0 Å². The molecule has 1 saturated heterocycles. The van der Waals surface area contributed by atoms with Crippen LogP contribution >= 0.6 is 0 Å². The molecule has 1 aromatic carbocycles. The Bertz CT molecular complexity index is 866. The number of hydrogen-bond donors (Lipinski definition) is 2. The van der Waals surface area contributed by atoms with Gasteiger partial charge in [0.2, 0.25) is 0 Å². The maximum atomic E-state index is 12.4. The molecule has 29 heavy (non-hydrogen) atoms. The van der Waals surface area contributed by atoms with Gasteiger partial charge in [0.25, 0.3) is 11.8 Å². The third kappa shape index (κ3) is 4.82. The normalized spacial score (nSPS) is 17.1. The number of hydrogen-bond acceptors (Lipinski definition) is 5. The summed E-state index contributed by atoms with van der Waals surface area (Å²) in [5.74, 6) is -0.255. The van der Waals surface area contributed by atoms with E-state index in [1.807, 2.05) is 19.1 Å². The molecule has 2 N–H and O–H groups in total. The monoisotopic (exact) mass is 396 g/mol. The van der Waals surface area contributed by atoms with E-state index in [-0.39, 0.29) is 17.9 Å². The summed E-state index contributed by atoms with van der Waals surface area (Å²) in [4.78, 5) is 27.0. The van der Waals surface area contributed by atoms with E-state index in [1.54, 1.807) is 16.8 Å². The molecular weight excluding hydrogens is 368 g/mol. The molecule has 8 heteroatoms. The summed E-state index contributed by atoms with van der Waals surface area (Å²) in [5.41, 5.74) is 2.40. The van der Waals surface area contributed by atoms with Crippen molar-refractivity contribution in [1.82, 2.24) is 30.5 Å². The van der Waals surface area contributed by atoms with Crippen LogP contribution in [0.1, 0.15) is 58.6 Å². The lowest BCUT2D eigenvalue weighted by molar-refractivity contribution is 0.0937. The fourth-order valence-electron chi connectivity index (χ4n) is 3.63. The van der Waals surface area contributed by atoms with E-state index in [1.165, 1.54) is 19.3 Å². The van der Waals surface area contributed by atoms with Crippen molar-refractivity contribution in [3.63, 3.8) is 0 Å². The largest absolute Gasteiger partial charge is 0.351 e.